The number of thiophene rings is 1. The second-order valence-electron chi connectivity index (χ2n) is 3.91. The van der Waals surface area contributed by atoms with Gasteiger partial charge in [0.2, 0.25) is 0 Å². The van der Waals surface area contributed by atoms with Gasteiger partial charge in [0, 0.05) is 0 Å². The molecule has 0 fully saturated rings. The third kappa shape index (κ3) is 2.47. The quantitative estimate of drug-likeness (QED) is 0.800. The lowest BCUT2D eigenvalue weighted by Crippen LogP contribution is -2.11. The number of anilines is 1. The van der Waals surface area contributed by atoms with Crippen LogP contribution in [-0.2, 0) is 0 Å². The molecule has 1 amide bonds. The standard InChI is InChI=1S/C13H13NO2S/c1-8-3-4-10(11(15)7-8)14-13(16)12-9(2)5-6-17-12/h3-7,15H,1-2H3,(H,14,16). The van der Waals surface area contributed by atoms with Crippen molar-refractivity contribution in [3.8, 4) is 5.75 Å². The molecular formula is C13H13NO2S. The molecule has 2 aromatic rings. The molecule has 17 heavy (non-hydrogen) atoms. The van der Waals surface area contributed by atoms with Gasteiger partial charge in [0.05, 0.1) is 10.6 Å². The summed E-state index contributed by atoms with van der Waals surface area (Å²) in [5, 5.41) is 14.3. The molecule has 0 atom stereocenters. The number of rotatable bonds is 2. The van der Waals surface area contributed by atoms with E-state index in [0.29, 0.717) is 10.6 Å². The Balaban J connectivity index is 2.22. The zero-order valence-corrected chi connectivity index (χ0v) is 10.5. The van der Waals surface area contributed by atoms with Gasteiger partial charge in [0.25, 0.3) is 5.91 Å². The maximum Gasteiger partial charge on any atom is 0.266 e. The molecule has 0 bridgehead atoms. The molecule has 0 spiro atoms. The van der Waals surface area contributed by atoms with E-state index in [4.69, 9.17) is 0 Å². The number of phenols is 1. The van der Waals surface area contributed by atoms with Gasteiger partial charge in [-0.25, -0.2) is 0 Å². The molecule has 0 radical (unpaired) electrons. The van der Waals surface area contributed by atoms with E-state index in [-0.39, 0.29) is 11.7 Å². The fourth-order valence-electron chi connectivity index (χ4n) is 1.53. The van der Waals surface area contributed by atoms with E-state index in [1.165, 1.54) is 11.3 Å². The van der Waals surface area contributed by atoms with Crippen LogP contribution in [0.1, 0.15) is 20.8 Å². The van der Waals surface area contributed by atoms with E-state index in [9.17, 15) is 9.90 Å². The molecule has 0 saturated heterocycles. The van der Waals surface area contributed by atoms with Crippen molar-refractivity contribution in [2.75, 3.05) is 5.32 Å². The van der Waals surface area contributed by atoms with Crippen LogP contribution < -0.4 is 5.32 Å². The van der Waals surface area contributed by atoms with Crippen molar-refractivity contribution in [3.63, 3.8) is 0 Å². The van der Waals surface area contributed by atoms with Gasteiger partial charge in [0.1, 0.15) is 5.75 Å². The van der Waals surface area contributed by atoms with E-state index < -0.39 is 0 Å². The Labute approximate surface area is 104 Å². The largest absolute Gasteiger partial charge is 0.506 e. The maximum atomic E-state index is 11.9. The van der Waals surface area contributed by atoms with Crippen molar-refractivity contribution >= 4 is 22.9 Å². The highest BCUT2D eigenvalue weighted by Gasteiger charge is 2.12. The van der Waals surface area contributed by atoms with Gasteiger partial charge in [-0.05, 0) is 48.6 Å². The summed E-state index contributed by atoms with van der Waals surface area (Å²) in [5.41, 5.74) is 2.33. The summed E-state index contributed by atoms with van der Waals surface area (Å²) in [5.74, 6) is -0.0933. The molecule has 4 heteroatoms. The highest BCUT2D eigenvalue weighted by Crippen LogP contribution is 2.25. The summed E-state index contributed by atoms with van der Waals surface area (Å²) < 4.78 is 0. The lowest BCUT2D eigenvalue weighted by Gasteiger charge is -2.07. The number of aryl methyl sites for hydroxylation is 2. The Morgan fingerprint density at radius 1 is 1.29 bits per heavy atom. The van der Waals surface area contributed by atoms with Gasteiger partial charge in [-0.1, -0.05) is 6.07 Å². The molecular weight excluding hydrogens is 234 g/mol. The van der Waals surface area contributed by atoms with Crippen molar-refractivity contribution in [2.45, 2.75) is 13.8 Å². The SMILES string of the molecule is Cc1ccc(NC(=O)c2sccc2C)c(O)c1. The minimum atomic E-state index is -0.184. The van der Waals surface area contributed by atoms with Gasteiger partial charge >= 0.3 is 0 Å². The van der Waals surface area contributed by atoms with E-state index in [1.54, 1.807) is 12.1 Å². The molecule has 2 N–H and O–H groups in total. The number of carbonyl (C=O) groups excluding carboxylic acids is 1. The van der Waals surface area contributed by atoms with Gasteiger partial charge in [0.15, 0.2) is 0 Å². The lowest BCUT2D eigenvalue weighted by atomic mass is 10.2. The molecule has 0 unspecified atom stereocenters. The van der Waals surface area contributed by atoms with Crippen LogP contribution in [0.2, 0.25) is 0 Å². The molecule has 0 aliphatic carbocycles. The van der Waals surface area contributed by atoms with Crippen LogP contribution in [0, 0.1) is 13.8 Å². The second kappa shape index (κ2) is 4.59. The Kier molecular flexibility index (Phi) is 3.15. The molecule has 0 aliphatic rings. The number of hydrogen-bond donors (Lipinski definition) is 2. The number of hydrogen-bond acceptors (Lipinski definition) is 3. The van der Waals surface area contributed by atoms with E-state index in [2.05, 4.69) is 5.32 Å². The van der Waals surface area contributed by atoms with Crippen LogP contribution in [0.15, 0.2) is 29.6 Å². The Hall–Kier alpha value is -1.81. The van der Waals surface area contributed by atoms with Gasteiger partial charge in [-0.2, -0.15) is 0 Å². The third-order valence-electron chi connectivity index (χ3n) is 2.47. The van der Waals surface area contributed by atoms with Crippen molar-refractivity contribution in [3.05, 3.63) is 45.6 Å². The number of aromatic hydroxyl groups is 1. The summed E-state index contributed by atoms with van der Waals surface area (Å²) >= 11 is 1.39. The average molecular weight is 247 g/mol. The van der Waals surface area contributed by atoms with E-state index >= 15 is 0 Å². The minimum Gasteiger partial charge on any atom is -0.506 e. The summed E-state index contributed by atoms with van der Waals surface area (Å²) in [6, 6.07) is 7.06. The summed E-state index contributed by atoms with van der Waals surface area (Å²) in [6.45, 7) is 3.77. The van der Waals surface area contributed by atoms with Crippen LogP contribution in [-0.4, -0.2) is 11.0 Å². The fourth-order valence-corrected chi connectivity index (χ4v) is 2.35. The number of phenolic OH excluding ortho intramolecular Hbond substituents is 1. The van der Waals surface area contributed by atoms with Crippen molar-refractivity contribution in [1.82, 2.24) is 0 Å². The van der Waals surface area contributed by atoms with Crippen LogP contribution in [0.4, 0.5) is 5.69 Å². The predicted molar refractivity (Wildman–Crippen MR) is 69.9 cm³/mol. The van der Waals surface area contributed by atoms with Crippen LogP contribution in [0.25, 0.3) is 0 Å². The number of nitrogens with one attached hydrogen (secondary N) is 1. The first-order valence-corrected chi connectivity index (χ1v) is 6.11. The third-order valence-corrected chi connectivity index (χ3v) is 3.48. The van der Waals surface area contributed by atoms with Crippen molar-refractivity contribution in [2.24, 2.45) is 0 Å². The number of benzene rings is 1. The first kappa shape index (κ1) is 11.7. The molecule has 1 aromatic carbocycles. The normalized spacial score (nSPS) is 10.2. The molecule has 2 rings (SSSR count). The Morgan fingerprint density at radius 3 is 2.65 bits per heavy atom. The predicted octanol–water partition coefficient (Wildman–Crippen LogP) is 3.32. The van der Waals surface area contributed by atoms with Crippen molar-refractivity contribution < 1.29 is 9.90 Å². The van der Waals surface area contributed by atoms with Crippen molar-refractivity contribution in [1.29, 1.82) is 0 Å². The molecule has 1 aromatic heterocycles. The molecule has 1 heterocycles. The van der Waals surface area contributed by atoms with Crippen LogP contribution in [0.5, 0.6) is 5.75 Å². The highest BCUT2D eigenvalue weighted by molar-refractivity contribution is 7.12. The minimum absolute atomic E-state index is 0.0903. The zero-order valence-electron chi connectivity index (χ0n) is 9.65. The average Bonchev–Trinajstić information content (AvgIpc) is 2.68. The topological polar surface area (TPSA) is 49.3 Å². The van der Waals surface area contributed by atoms with Gasteiger partial charge in [-0.15, -0.1) is 11.3 Å². The first-order valence-electron chi connectivity index (χ1n) is 5.23. The lowest BCUT2D eigenvalue weighted by molar-refractivity contribution is 0.102. The smallest absolute Gasteiger partial charge is 0.266 e. The van der Waals surface area contributed by atoms with E-state index in [1.807, 2.05) is 31.4 Å². The second-order valence-corrected chi connectivity index (χ2v) is 4.82. The highest BCUT2D eigenvalue weighted by atomic mass is 32.1. The zero-order chi connectivity index (χ0) is 12.4. The summed E-state index contributed by atoms with van der Waals surface area (Å²) in [6.07, 6.45) is 0. The van der Waals surface area contributed by atoms with Crippen LogP contribution in [0.3, 0.4) is 0 Å². The fraction of sp³-hybridized carbons (Fsp3) is 0.154. The van der Waals surface area contributed by atoms with Crippen LogP contribution >= 0.6 is 11.3 Å². The molecule has 88 valence electrons. The molecule has 0 saturated carbocycles. The first-order chi connectivity index (χ1) is 8.08. The monoisotopic (exact) mass is 247 g/mol. The number of amides is 1. The van der Waals surface area contributed by atoms with E-state index in [0.717, 1.165) is 11.1 Å². The maximum absolute atomic E-state index is 11.9. The Bertz CT molecular complexity index is 560. The number of carbonyl (C=O) groups is 1. The Morgan fingerprint density at radius 2 is 2.06 bits per heavy atom. The molecule has 0 aliphatic heterocycles. The molecule has 3 nitrogen and oxygen atoms in total. The van der Waals surface area contributed by atoms with Gasteiger partial charge < -0.3 is 10.4 Å². The van der Waals surface area contributed by atoms with Gasteiger partial charge in [-0.3, -0.25) is 4.79 Å². The summed E-state index contributed by atoms with van der Waals surface area (Å²) in [7, 11) is 0. The summed E-state index contributed by atoms with van der Waals surface area (Å²) in [4.78, 5) is 12.6.